The molecular weight excluding hydrogens is 564 g/mol. The lowest BCUT2D eigenvalue weighted by Crippen LogP contribution is -2.49. The molecule has 2 atom stereocenters. The predicted molar refractivity (Wildman–Crippen MR) is 158 cm³/mol. The van der Waals surface area contributed by atoms with Crippen molar-refractivity contribution in [3.63, 3.8) is 0 Å². The fourth-order valence-electron chi connectivity index (χ4n) is 3.25. The molecule has 0 unspecified atom stereocenters. The quantitative estimate of drug-likeness (QED) is 0.107. The van der Waals surface area contributed by atoms with Crippen molar-refractivity contribution in [1.82, 2.24) is 20.9 Å². The molecule has 14 nitrogen and oxygen atoms in total. The van der Waals surface area contributed by atoms with E-state index in [1.807, 2.05) is 0 Å². The van der Waals surface area contributed by atoms with Crippen LogP contribution in [-0.4, -0.2) is 118 Å². The number of carbonyl (C=O) groups excluding carboxylic acids is 6. The summed E-state index contributed by atoms with van der Waals surface area (Å²) in [4.78, 5) is 71.1. The molecule has 14 heteroatoms. The van der Waals surface area contributed by atoms with Gasteiger partial charge in [0.25, 0.3) is 11.8 Å². The largest absolute Gasteiger partial charge is 0.379 e. The second-order valence-electron chi connectivity index (χ2n) is 9.51. The maximum Gasteiger partial charge on any atom is 0.253 e. The van der Waals surface area contributed by atoms with Crippen LogP contribution in [0.1, 0.15) is 60.3 Å². The van der Waals surface area contributed by atoms with Gasteiger partial charge in [-0.2, -0.15) is 0 Å². The second kappa shape index (κ2) is 25.3. The highest BCUT2D eigenvalue weighted by Gasteiger charge is 2.23. The molecule has 1 rings (SSSR count). The van der Waals surface area contributed by atoms with E-state index in [9.17, 15) is 28.8 Å². The standard InChI is InChI=1S/C26H42N4O10.C3H8/c1-4-21(31)19(2)29-26(36)20(3)28-23(33)8-11-37-13-15-39-17-18-40-16-14-38-12-9-27-22(32)7-10-30-24(34)5-6-25(30)35;1-3-2/h5-6,19-20H,4,7-18H2,1-3H3,(H,27,32)(H,28,33)(H,29,36);3H2,1-2H3/t19-,20-;/m0./s1. The van der Waals surface area contributed by atoms with Crippen LogP contribution in [0.3, 0.4) is 0 Å². The van der Waals surface area contributed by atoms with Gasteiger partial charge in [0.2, 0.25) is 17.7 Å². The Balaban J connectivity index is 0.00000562. The summed E-state index contributed by atoms with van der Waals surface area (Å²) in [6, 6.07) is -1.35. The first kappa shape index (κ1) is 39.8. The lowest BCUT2D eigenvalue weighted by Gasteiger charge is -2.17. The van der Waals surface area contributed by atoms with Gasteiger partial charge in [-0.05, 0) is 13.8 Å². The third-order valence-corrected chi connectivity index (χ3v) is 5.58. The molecule has 43 heavy (non-hydrogen) atoms. The summed E-state index contributed by atoms with van der Waals surface area (Å²) < 4.78 is 21.5. The number of nitrogens with zero attached hydrogens (tertiary/aromatic N) is 1. The normalized spacial score (nSPS) is 13.7. The minimum absolute atomic E-state index is 0.0333. The minimum Gasteiger partial charge on any atom is -0.379 e. The number of rotatable bonds is 23. The van der Waals surface area contributed by atoms with Gasteiger partial charge in [-0.1, -0.05) is 27.2 Å². The van der Waals surface area contributed by atoms with E-state index in [1.54, 1.807) is 20.8 Å². The van der Waals surface area contributed by atoms with Crippen LogP contribution in [0.2, 0.25) is 0 Å². The van der Waals surface area contributed by atoms with Gasteiger partial charge in [-0.15, -0.1) is 0 Å². The fourth-order valence-corrected chi connectivity index (χ4v) is 3.25. The molecule has 0 aliphatic carbocycles. The Kier molecular flexibility index (Phi) is 23.4. The van der Waals surface area contributed by atoms with E-state index in [-0.39, 0.29) is 43.6 Å². The number of nitrogens with one attached hydrogen (secondary N) is 3. The van der Waals surface area contributed by atoms with Gasteiger partial charge in [-0.3, -0.25) is 33.7 Å². The van der Waals surface area contributed by atoms with Crippen molar-refractivity contribution in [2.75, 3.05) is 65.9 Å². The van der Waals surface area contributed by atoms with E-state index in [1.165, 1.54) is 18.6 Å². The molecule has 3 N–H and O–H groups in total. The van der Waals surface area contributed by atoms with E-state index >= 15 is 0 Å². The van der Waals surface area contributed by atoms with Crippen LogP contribution in [-0.2, 0) is 47.7 Å². The first-order valence-corrected chi connectivity index (χ1v) is 14.8. The lowest BCUT2D eigenvalue weighted by molar-refractivity contribution is -0.137. The van der Waals surface area contributed by atoms with Gasteiger partial charge < -0.3 is 34.9 Å². The van der Waals surface area contributed by atoms with Gasteiger partial charge >= 0.3 is 0 Å². The number of hydrogen-bond donors (Lipinski definition) is 3. The number of amides is 5. The van der Waals surface area contributed by atoms with Crippen molar-refractivity contribution < 1.29 is 47.7 Å². The Morgan fingerprint density at radius 1 is 0.698 bits per heavy atom. The maximum absolute atomic E-state index is 12.0. The van der Waals surface area contributed by atoms with Crippen molar-refractivity contribution >= 4 is 35.3 Å². The molecule has 0 aromatic rings. The Morgan fingerprint density at radius 3 is 1.70 bits per heavy atom. The van der Waals surface area contributed by atoms with Gasteiger partial charge in [-0.25, -0.2) is 0 Å². The van der Waals surface area contributed by atoms with Crippen LogP contribution in [0.25, 0.3) is 0 Å². The van der Waals surface area contributed by atoms with Crippen LogP contribution in [0.15, 0.2) is 12.2 Å². The van der Waals surface area contributed by atoms with E-state index < -0.39 is 29.8 Å². The topological polar surface area (TPSA) is 179 Å². The summed E-state index contributed by atoms with van der Waals surface area (Å²) in [5.41, 5.74) is 0. The zero-order valence-electron chi connectivity index (χ0n) is 26.2. The number of hydrogen-bond acceptors (Lipinski definition) is 10. The molecule has 1 aliphatic rings. The summed E-state index contributed by atoms with van der Waals surface area (Å²) in [5.74, 6) is -1.93. The van der Waals surface area contributed by atoms with Crippen LogP contribution >= 0.6 is 0 Å². The third kappa shape index (κ3) is 20.4. The lowest BCUT2D eigenvalue weighted by atomic mass is 10.1. The number of imide groups is 1. The van der Waals surface area contributed by atoms with Gasteiger partial charge in [0.15, 0.2) is 5.78 Å². The molecule has 0 saturated heterocycles. The Morgan fingerprint density at radius 2 is 1.19 bits per heavy atom. The zero-order chi connectivity index (χ0) is 32.5. The summed E-state index contributed by atoms with van der Waals surface area (Å²) in [6.45, 7) is 12.0. The summed E-state index contributed by atoms with van der Waals surface area (Å²) in [6.07, 6.45) is 4.06. The Bertz CT molecular complexity index is 878. The number of carbonyl (C=O) groups is 6. The van der Waals surface area contributed by atoms with E-state index in [0.717, 1.165) is 4.90 Å². The Labute approximate surface area is 254 Å². The second-order valence-corrected chi connectivity index (χ2v) is 9.51. The molecule has 0 radical (unpaired) electrons. The molecular formula is C29H50N4O10. The SMILES string of the molecule is CCC.CCC(=O)[C@H](C)NC(=O)[C@H](C)NC(=O)CCOCCOCCOCCOCCNC(=O)CCN1C(=O)C=CC1=O. The van der Waals surface area contributed by atoms with Crippen LogP contribution in [0.5, 0.6) is 0 Å². The van der Waals surface area contributed by atoms with Crippen molar-refractivity contribution in [1.29, 1.82) is 0 Å². The van der Waals surface area contributed by atoms with Crippen molar-refractivity contribution in [3.05, 3.63) is 12.2 Å². The van der Waals surface area contributed by atoms with Gasteiger partial charge in [0.05, 0.1) is 58.9 Å². The summed E-state index contributed by atoms with van der Waals surface area (Å²) in [5, 5.41) is 7.79. The van der Waals surface area contributed by atoms with Crippen LogP contribution < -0.4 is 16.0 Å². The predicted octanol–water partition coefficient (Wildman–Crippen LogP) is 0.279. The summed E-state index contributed by atoms with van der Waals surface area (Å²) in [7, 11) is 0. The highest BCUT2D eigenvalue weighted by Crippen LogP contribution is 2.03. The maximum atomic E-state index is 12.0. The number of Topliss-reactive ketones (excluding diaryl/α,β-unsaturated/α-hetero) is 1. The molecule has 0 bridgehead atoms. The highest BCUT2D eigenvalue weighted by atomic mass is 16.6. The third-order valence-electron chi connectivity index (χ3n) is 5.58. The average Bonchev–Trinajstić information content (AvgIpc) is 3.29. The smallest absolute Gasteiger partial charge is 0.253 e. The molecule has 0 aromatic carbocycles. The molecule has 1 aliphatic heterocycles. The van der Waals surface area contributed by atoms with Crippen molar-refractivity contribution in [2.45, 2.75) is 72.4 Å². The van der Waals surface area contributed by atoms with Gasteiger partial charge in [0.1, 0.15) is 6.04 Å². The molecule has 0 spiro atoms. The van der Waals surface area contributed by atoms with E-state index in [4.69, 9.17) is 18.9 Å². The van der Waals surface area contributed by atoms with Crippen LogP contribution in [0, 0.1) is 0 Å². The fraction of sp³-hybridized carbons (Fsp3) is 0.724. The van der Waals surface area contributed by atoms with E-state index in [2.05, 4.69) is 29.8 Å². The van der Waals surface area contributed by atoms with Crippen LogP contribution in [0.4, 0.5) is 0 Å². The highest BCUT2D eigenvalue weighted by molar-refractivity contribution is 6.13. The van der Waals surface area contributed by atoms with E-state index in [0.29, 0.717) is 59.2 Å². The van der Waals surface area contributed by atoms with Crippen molar-refractivity contribution in [3.8, 4) is 0 Å². The Hall–Kier alpha value is -3.20. The molecule has 0 saturated carbocycles. The molecule has 0 fully saturated rings. The molecule has 0 aromatic heterocycles. The first-order valence-electron chi connectivity index (χ1n) is 14.8. The molecule has 5 amide bonds. The number of ketones is 1. The average molecular weight is 615 g/mol. The molecule has 246 valence electrons. The summed E-state index contributed by atoms with van der Waals surface area (Å²) >= 11 is 0. The first-order chi connectivity index (χ1) is 20.6. The zero-order valence-corrected chi connectivity index (χ0v) is 26.2. The van der Waals surface area contributed by atoms with Gasteiger partial charge in [0, 0.05) is 44.5 Å². The number of ether oxygens (including phenoxy) is 4. The molecule has 1 heterocycles. The minimum atomic E-state index is -0.759. The monoisotopic (exact) mass is 614 g/mol. The van der Waals surface area contributed by atoms with Crippen molar-refractivity contribution in [2.24, 2.45) is 0 Å².